The number of fused-ring (bicyclic) bond motifs is 2. The van der Waals surface area contributed by atoms with Crippen LogP contribution < -0.4 is 0 Å². The molecule has 8 rings (SSSR count). The Morgan fingerprint density at radius 3 is 1.82 bits per heavy atom. The van der Waals surface area contributed by atoms with Crippen molar-refractivity contribution in [2.75, 3.05) is 0 Å². The molecule has 212 valence electrons. The van der Waals surface area contributed by atoms with Crippen LogP contribution in [0.4, 0.5) is 0 Å². The lowest BCUT2D eigenvalue weighted by Crippen LogP contribution is -1.97. The highest BCUT2D eigenvalue weighted by molar-refractivity contribution is 6.28. The van der Waals surface area contributed by atoms with Crippen molar-refractivity contribution in [2.24, 2.45) is 0 Å². The smallest absolute Gasteiger partial charge is 0.208 e. The predicted octanol–water partition coefficient (Wildman–Crippen LogP) is 11.2. The van der Waals surface area contributed by atoms with Crippen molar-refractivity contribution in [3.05, 3.63) is 163 Å². The lowest BCUT2D eigenvalue weighted by molar-refractivity contribution is 1.07. The van der Waals surface area contributed by atoms with Crippen LogP contribution in [0.5, 0.6) is 0 Å². The second-order valence-corrected chi connectivity index (χ2v) is 10.5. The van der Waals surface area contributed by atoms with Crippen LogP contribution in [0.1, 0.15) is 16.4 Å². The fourth-order valence-electron chi connectivity index (χ4n) is 5.40. The molecular weight excluding hydrogens is 570 g/mol. The Bertz CT molecular complexity index is 2970. The Kier molecular flexibility index (Phi) is 4.33. The van der Waals surface area contributed by atoms with E-state index in [0.717, 1.165) is 16.5 Å². The largest absolute Gasteiger partial charge is 0.226 e. The van der Waals surface area contributed by atoms with Gasteiger partial charge in [0.25, 0.3) is 0 Å². The van der Waals surface area contributed by atoms with Crippen LogP contribution >= 0.6 is 11.6 Å². The van der Waals surface area contributed by atoms with Crippen molar-refractivity contribution in [3.8, 4) is 56.2 Å². The van der Waals surface area contributed by atoms with E-state index in [0.29, 0.717) is 27.6 Å². The molecule has 4 heteroatoms. The van der Waals surface area contributed by atoms with E-state index in [4.69, 9.17) is 33.0 Å². The Morgan fingerprint density at radius 1 is 0.422 bits per heavy atom. The Balaban J connectivity index is 1.19. The topological polar surface area (TPSA) is 38.7 Å². The first-order chi connectivity index (χ1) is 27.2. The summed E-state index contributed by atoms with van der Waals surface area (Å²) in [6, 6.07) is 20.2. The summed E-state index contributed by atoms with van der Waals surface area (Å²) in [7, 11) is 0. The molecule has 3 nitrogen and oxygen atoms in total. The second-order valence-electron chi connectivity index (χ2n) is 10.1. The van der Waals surface area contributed by atoms with Gasteiger partial charge in [-0.25, -0.2) is 4.98 Å². The third kappa shape index (κ3) is 5.14. The number of hydrogen-bond donors (Lipinski definition) is 0. The van der Waals surface area contributed by atoms with Crippen molar-refractivity contribution in [1.82, 2.24) is 15.0 Å². The van der Waals surface area contributed by atoms with E-state index in [2.05, 4.69) is 9.97 Å². The van der Waals surface area contributed by atoms with Crippen LogP contribution in [-0.4, -0.2) is 15.0 Å². The quantitative estimate of drug-likeness (QED) is 0.195. The summed E-state index contributed by atoms with van der Waals surface area (Å²) in [4.78, 5) is 13.5. The predicted molar refractivity (Wildman–Crippen MR) is 187 cm³/mol. The fourth-order valence-corrected chi connectivity index (χ4v) is 5.56. The minimum absolute atomic E-state index is 0.0124. The molecule has 0 spiro atoms. The maximum absolute atomic E-state index is 8.68. The van der Waals surface area contributed by atoms with Gasteiger partial charge in [0.15, 0.2) is 11.6 Å². The zero-order chi connectivity index (χ0) is 40.6. The van der Waals surface area contributed by atoms with E-state index in [1.807, 2.05) is 54.6 Å². The van der Waals surface area contributed by atoms with Crippen LogP contribution in [0, 0.1) is 0 Å². The molecule has 7 aromatic carbocycles. The minimum Gasteiger partial charge on any atom is -0.208 e. The molecule has 0 fully saturated rings. The first kappa shape index (κ1) is 17.0. The van der Waals surface area contributed by atoms with Crippen molar-refractivity contribution in [3.63, 3.8) is 0 Å². The van der Waals surface area contributed by atoms with Crippen LogP contribution in [0.15, 0.2) is 157 Å². The molecule has 0 aliphatic carbocycles. The van der Waals surface area contributed by atoms with Gasteiger partial charge in [-0.15, -0.1) is 0 Å². The molecule has 0 atom stereocenters. The standard InChI is InChI=1S/C41H26ClN3/c42-41-44-39(30-22-20-29(21-23-30)34-19-9-13-28-12-4-5-16-33(28)34)43-40(45-41)32-15-8-14-31(26-32)36-25-24-35(27-10-2-1-3-11-27)37-17-6-7-18-38(36)37/h1-26H/i1D,2D,3D,4D,5D,9D,10D,11D,12D,13D,16D,19D. The molecule has 0 aliphatic heterocycles. The van der Waals surface area contributed by atoms with Gasteiger partial charge < -0.3 is 0 Å². The van der Waals surface area contributed by atoms with Gasteiger partial charge in [-0.2, -0.15) is 9.97 Å². The normalized spacial score (nSPS) is 15.0. The lowest BCUT2D eigenvalue weighted by Gasteiger charge is -2.13. The van der Waals surface area contributed by atoms with Gasteiger partial charge in [0, 0.05) is 11.1 Å². The number of benzene rings is 7. The third-order valence-electron chi connectivity index (χ3n) is 7.48. The molecule has 0 saturated carbocycles. The van der Waals surface area contributed by atoms with E-state index in [-0.39, 0.29) is 57.0 Å². The average Bonchev–Trinajstić information content (AvgIpc) is 3.22. The Hall–Kier alpha value is -5.64. The van der Waals surface area contributed by atoms with Gasteiger partial charge in [0.1, 0.15) is 0 Å². The molecule has 0 unspecified atom stereocenters. The molecule has 8 aromatic rings. The SMILES string of the molecule is [2H]c1c([2H])c([2H])c(-c2ccc(-c3cccc(-c4nc(Cl)nc(-c5ccc(-c6c([2H])c([2H])c([2H])c7c([2H])c([2H])c([2H])c([2H])c67)cc5)n4)c3)c3ccccc23)c([2H])c1[2H]. The fraction of sp³-hybridized carbons (Fsp3) is 0. The van der Waals surface area contributed by atoms with E-state index in [1.54, 1.807) is 30.3 Å². The average molecular weight is 608 g/mol. The summed E-state index contributed by atoms with van der Waals surface area (Å²) >= 11 is 6.46. The molecule has 0 saturated heterocycles. The monoisotopic (exact) mass is 607 g/mol. The first-order valence-corrected chi connectivity index (χ1v) is 14.3. The van der Waals surface area contributed by atoms with Crippen LogP contribution in [0.25, 0.3) is 77.7 Å². The number of nitrogens with zero attached hydrogens (tertiary/aromatic N) is 3. The minimum atomic E-state index is -0.522. The lowest BCUT2D eigenvalue weighted by atomic mass is 9.91. The third-order valence-corrected chi connectivity index (χ3v) is 7.65. The summed E-state index contributed by atoms with van der Waals surface area (Å²) in [5.74, 6) is 0.507. The summed E-state index contributed by atoms with van der Waals surface area (Å²) in [6.07, 6.45) is 0. The highest BCUT2D eigenvalue weighted by Crippen LogP contribution is 2.37. The van der Waals surface area contributed by atoms with Crippen molar-refractivity contribution in [2.45, 2.75) is 0 Å². The van der Waals surface area contributed by atoms with Gasteiger partial charge in [0.05, 0.1) is 16.4 Å². The highest BCUT2D eigenvalue weighted by Gasteiger charge is 2.14. The van der Waals surface area contributed by atoms with Gasteiger partial charge in [-0.1, -0.05) is 151 Å². The summed E-state index contributed by atoms with van der Waals surface area (Å²) in [5.41, 5.74) is 3.87. The van der Waals surface area contributed by atoms with Crippen molar-refractivity contribution in [1.29, 1.82) is 0 Å². The number of hydrogen-bond acceptors (Lipinski definition) is 3. The molecule has 45 heavy (non-hydrogen) atoms. The van der Waals surface area contributed by atoms with Gasteiger partial charge in [0.2, 0.25) is 5.28 Å². The highest BCUT2D eigenvalue weighted by atomic mass is 35.5. The summed E-state index contributed by atoms with van der Waals surface area (Å²) in [5, 5.41) is 1.28. The van der Waals surface area contributed by atoms with Crippen LogP contribution in [-0.2, 0) is 0 Å². The van der Waals surface area contributed by atoms with E-state index in [9.17, 15) is 0 Å². The Morgan fingerprint density at radius 2 is 1.04 bits per heavy atom. The van der Waals surface area contributed by atoms with Gasteiger partial charge in [-0.05, 0) is 72.6 Å². The van der Waals surface area contributed by atoms with Crippen molar-refractivity contribution >= 4 is 33.1 Å². The number of rotatable bonds is 5. The molecule has 0 radical (unpaired) electrons. The second kappa shape index (κ2) is 11.5. The van der Waals surface area contributed by atoms with Crippen LogP contribution in [0.3, 0.4) is 0 Å². The van der Waals surface area contributed by atoms with Crippen molar-refractivity contribution < 1.29 is 16.4 Å². The molecular formula is C41H26ClN3. The van der Waals surface area contributed by atoms with E-state index in [1.165, 1.54) is 0 Å². The maximum atomic E-state index is 8.68. The number of aromatic nitrogens is 3. The first-order valence-electron chi connectivity index (χ1n) is 19.9. The summed E-state index contributed by atoms with van der Waals surface area (Å²) in [6.45, 7) is 0. The summed E-state index contributed by atoms with van der Waals surface area (Å²) < 4.78 is 100. The Labute approximate surface area is 283 Å². The van der Waals surface area contributed by atoms with Crippen LogP contribution in [0.2, 0.25) is 5.28 Å². The zero-order valence-electron chi connectivity index (χ0n) is 35.3. The molecule has 1 aromatic heterocycles. The molecule has 0 amide bonds. The van der Waals surface area contributed by atoms with E-state index < -0.39 is 54.4 Å². The van der Waals surface area contributed by atoms with E-state index >= 15 is 0 Å². The van der Waals surface area contributed by atoms with Gasteiger partial charge >= 0.3 is 0 Å². The molecule has 0 N–H and O–H groups in total. The molecule has 1 heterocycles. The maximum Gasteiger partial charge on any atom is 0.226 e. The van der Waals surface area contributed by atoms with Gasteiger partial charge in [-0.3, -0.25) is 0 Å². The molecule has 0 aliphatic rings. The molecule has 0 bridgehead atoms. The number of halogens is 1. The zero-order valence-corrected chi connectivity index (χ0v) is 24.1.